The number of carbonyl (C=O) groups excluding carboxylic acids is 2. The second kappa shape index (κ2) is 24.6. The Kier molecular flexibility index (Phi) is 24.3. The summed E-state index contributed by atoms with van der Waals surface area (Å²) in [7, 11) is -0.436. The maximum atomic E-state index is 13.4. The third-order valence-corrected chi connectivity index (χ3v) is 10.5. The molecule has 1 atom stereocenters. The van der Waals surface area contributed by atoms with E-state index in [4.69, 9.17) is 0 Å². The van der Waals surface area contributed by atoms with Crippen LogP contribution in [0.25, 0.3) is 0 Å². The second-order valence-corrected chi connectivity index (χ2v) is 15.6. The van der Waals surface area contributed by atoms with E-state index in [2.05, 4.69) is 13.8 Å². The van der Waals surface area contributed by atoms with Crippen molar-refractivity contribution in [2.75, 3.05) is 21.1 Å². The predicted octanol–water partition coefficient (Wildman–Crippen LogP) is 9.25. The molecule has 0 saturated carbocycles. The molecular weight excluding hydrogens is 561 g/mol. The van der Waals surface area contributed by atoms with Crippen LogP contribution in [-0.2, 0) is 14.2 Å². The van der Waals surface area contributed by atoms with Gasteiger partial charge < -0.3 is 19.4 Å². The molecule has 0 heterocycles. The highest BCUT2D eigenvalue weighted by atomic mass is 31.2. The van der Waals surface area contributed by atoms with Gasteiger partial charge in [-0.25, -0.2) is 0 Å². The third-order valence-electron chi connectivity index (χ3n) is 8.79. The van der Waals surface area contributed by atoms with Gasteiger partial charge in [-0.15, -0.1) is 0 Å². The number of ketones is 2. The van der Waals surface area contributed by atoms with Gasteiger partial charge in [0, 0.05) is 12.8 Å². The van der Waals surface area contributed by atoms with Crippen molar-refractivity contribution >= 4 is 19.2 Å². The summed E-state index contributed by atoms with van der Waals surface area (Å²) in [4.78, 5) is 47.3. The Morgan fingerprint density at radius 2 is 0.767 bits per heavy atom. The molecule has 3 N–H and O–H groups in total. The van der Waals surface area contributed by atoms with E-state index >= 15 is 0 Å². The van der Waals surface area contributed by atoms with Gasteiger partial charge in [0.2, 0.25) is 11.4 Å². The highest BCUT2D eigenvalue weighted by Crippen LogP contribution is 2.50. The molecule has 0 aromatic carbocycles. The van der Waals surface area contributed by atoms with Crippen LogP contribution < -0.4 is 0 Å². The van der Waals surface area contributed by atoms with Crippen molar-refractivity contribution in [2.45, 2.75) is 192 Å². The Morgan fingerprint density at radius 3 is 0.977 bits per heavy atom. The summed E-state index contributed by atoms with van der Waals surface area (Å²) in [6, 6.07) is 0. The highest BCUT2D eigenvalue weighted by Gasteiger charge is 2.62. The van der Waals surface area contributed by atoms with Gasteiger partial charge in [0.1, 0.15) is 0 Å². The topological polar surface area (TPSA) is 112 Å². The minimum atomic E-state index is -4.99. The quantitative estimate of drug-likeness (QED) is 0.0304. The molecule has 0 aromatic rings. The van der Waals surface area contributed by atoms with Gasteiger partial charge in [0.15, 0.2) is 11.6 Å². The minimum absolute atomic E-state index is 0.0470. The summed E-state index contributed by atoms with van der Waals surface area (Å²) in [6.07, 6.45) is 27.1. The summed E-state index contributed by atoms with van der Waals surface area (Å²) in [6.45, 7) is 4.46. The summed E-state index contributed by atoms with van der Waals surface area (Å²) >= 11 is 0. The largest absolute Gasteiger partial charge is 0.386 e. The van der Waals surface area contributed by atoms with Crippen LogP contribution in [0.1, 0.15) is 181 Å². The highest BCUT2D eigenvalue weighted by molar-refractivity contribution is 7.52. The standard InChI is InChI=1S/C35H70NO6P/c1-6-8-10-12-14-16-18-20-22-24-26-28-30-32(37)35(39,34(36(3,4)5)43(40,41)42)33(38)31-29-27-25-23-21-19-17-15-13-11-9-7-2/h34,39H,6-31H2,1-5H3,(H-,40,41,42)/p+1. The van der Waals surface area contributed by atoms with Crippen LogP contribution in [0, 0.1) is 0 Å². The van der Waals surface area contributed by atoms with Crippen molar-refractivity contribution in [2.24, 2.45) is 0 Å². The van der Waals surface area contributed by atoms with Crippen LogP contribution in [0.3, 0.4) is 0 Å². The molecule has 0 aliphatic carbocycles. The minimum Gasteiger partial charge on any atom is -0.370 e. The maximum absolute atomic E-state index is 13.4. The van der Waals surface area contributed by atoms with Gasteiger partial charge in [-0.05, 0) is 12.8 Å². The van der Waals surface area contributed by atoms with E-state index in [1.807, 2.05) is 0 Å². The van der Waals surface area contributed by atoms with Gasteiger partial charge in [0.25, 0.3) is 0 Å². The first kappa shape index (κ1) is 42.4. The fraction of sp³-hybridized carbons (Fsp3) is 0.943. The fourth-order valence-corrected chi connectivity index (χ4v) is 8.01. The number of hydrogen-bond acceptors (Lipinski definition) is 4. The maximum Gasteiger partial charge on any atom is 0.386 e. The van der Waals surface area contributed by atoms with Crippen LogP contribution in [0.5, 0.6) is 0 Å². The molecule has 0 spiro atoms. The molecule has 0 aliphatic rings. The van der Waals surface area contributed by atoms with Crippen LogP contribution in [-0.4, -0.2) is 63.5 Å². The number of likely N-dealkylation sites (N-methyl/N-ethyl adjacent to an activating group) is 1. The molecule has 0 rings (SSSR count). The lowest BCUT2D eigenvalue weighted by Crippen LogP contribution is -2.65. The summed E-state index contributed by atoms with van der Waals surface area (Å²) < 4.78 is 12.2. The fourth-order valence-electron chi connectivity index (χ4n) is 6.33. The zero-order valence-corrected chi connectivity index (χ0v) is 29.8. The molecule has 0 amide bonds. The average Bonchev–Trinajstić information content (AvgIpc) is 2.92. The summed E-state index contributed by atoms with van der Waals surface area (Å²) in [5.41, 5.74) is -2.69. The molecule has 0 aliphatic heterocycles. The molecule has 256 valence electrons. The van der Waals surface area contributed by atoms with E-state index in [-0.39, 0.29) is 17.3 Å². The summed E-state index contributed by atoms with van der Waals surface area (Å²) in [5, 5.41) is 11.6. The number of rotatable bonds is 31. The zero-order chi connectivity index (χ0) is 32.6. The van der Waals surface area contributed by atoms with E-state index in [1.165, 1.54) is 124 Å². The van der Waals surface area contributed by atoms with Crippen LogP contribution in [0.4, 0.5) is 0 Å². The number of carbonyl (C=O) groups is 2. The number of unbranched alkanes of at least 4 members (excludes halogenated alkanes) is 22. The van der Waals surface area contributed by atoms with E-state index in [0.717, 1.165) is 38.5 Å². The first-order valence-electron chi connectivity index (χ1n) is 18.0. The smallest absolute Gasteiger partial charge is 0.370 e. The summed E-state index contributed by atoms with van der Waals surface area (Å²) in [5.74, 6) is -3.32. The predicted molar refractivity (Wildman–Crippen MR) is 180 cm³/mol. The Labute approximate surface area is 265 Å². The third kappa shape index (κ3) is 19.5. The monoisotopic (exact) mass is 633 g/mol. The van der Waals surface area contributed by atoms with Crippen LogP contribution >= 0.6 is 7.60 Å². The molecule has 1 unspecified atom stereocenters. The molecular formula is C35H71NO6P+. The van der Waals surface area contributed by atoms with Gasteiger partial charge in [-0.3, -0.25) is 14.2 Å². The average molecular weight is 633 g/mol. The first-order valence-corrected chi connectivity index (χ1v) is 19.7. The van der Waals surface area contributed by atoms with Crippen molar-refractivity contribution in [3.8, 4) is 0 Å². The molecule has 0 radical (unpaired) electrons. The van der Waals surface area contributed by atoms with Crippen molar-refractivity contribution in [1.82, 2.24) is 0 Å². The Bertz CT molecular complexity index is 720. The van der Waals surface area contributed by atoms with Crippen molar-refractivity contribution in [1.29, 1.82) is 0 Å². The lowest BCUT2D eigenvalue weighted by molar-refractivity contribution is -0.887. The molecule has 0 bridgehead atoms. The van der Waals surface area contributed by atoms with E-state index in [0.29, 0.717) is 12.8 Å². The van der Waals surface area contributed by atoms with Crippen molar-refractivity contribution in [3.63, 3.8) is 0 Å². The lowest BCUT2D eigenvalue weighted by atomic mass is 9.85. The van der Waals surface area contributed by atoms with E-state index in [9.17, 15) is 29.0 Å². The second-order valence-electron chi connectivity index (χ2n) is 14.0. The van der Waals surface area contributed by atoms with E-state index < -0.39 is 30.5 Å². The van der Waals surface area contributed by atoms with Crippen molar-refractivity contribution in [3.05, 3.63) is 0 Å². The van der Waals surface area contributed by atoms with Crippen LogP contribution in [0.2, 0.25) is 0 Å². The Morgan fingerprint density at radius 1 is 0.535 bits per heavy atom. The number of quaternary nitrogens is 1. The van der Waals surface area contributed by atoms with Gasteiger partial charge in [0.05, 0.1) is 21.1 Å². The SMILES string of the molecule is CCCCCCCCCCCCCCC(=O)C(O)(C(=O)CCCCCCCCCCCCCC)C([N+](C)(C)C)P(=O)(O)O. The van der Waals surface area contributed by atoms with Gasteiger partial charge >= 0.3 is 7.60 Å². The van der Waals surface area contributed by atoms with Gasteiger partial charge in [-0.2, -0.15) is 0 Å². The number of Topliss-reactive ketones (excluding diaryl/α,β-unsaturated/α-hetero) is 2. The molecule has 43 heavy (non-hydrogen) atoms. The lowest BCUT2D eigenvalue weighted by Gasteiger charge is -2.42. The molecule has 8 heteroatoms. The molecule has 0 aromatic heterocycles. The van der Waals surface area contributed by atoms with Gasteiger partial charge in [-0.1, -0.05) is 155 Å². The van der Waals surface area contributed by atoms with Crippen LogP contribution in [0.15, 0.2) is 0 Å². The number of nitrogens with zero attached hydrogens (tertiary/aromatic N) is 1. The zero-order valence-electron chi connectivity index (χ0n) is 28.9. The van der Waals surface area contributed by atoms with Crippen molar-refractivity contribution < 1.29 is 33.5 Å². The number of aliphatic hydroxyl groups is 1. The molecule has 0 fully saturated rings. The normalized spacial score (nSPS) is 13.4. The Hall–Kier alpha value is -0.590. The first-order chi connectivity index (χ1) is 20.3. The van der Waals surface area contributed by atoms with E-state index in [1.54, 1.807) is 0 Å². The molecule has 7 nitrogen and oxygen atoms in total. The number of hydrogen-bond donors (Lipinski definition) is 3. The molecule has 0 saturated heterocycles. The Balaban J connectivity index is 4.75.